The zero-order chi connectivity index (χ0) is 19.5. The maximum absolute atomic E-state index is 12.4. The van der Waals surface area contributed by atoms with E-state index in [0.717, 1.165) is 19.3 Å². The first kappa shape index (κ1) is 20.1. The van der Waals surface area contributed by atoms with Crippen LogP contribution in [0, 0.1) is 11.3 Å². The first-order valence-corrected chi connectivity index (χ1v) is 9.16. The molecular formula is C22H25N3O2. The molecule has 0 spiro atoms. The van der Waals surface area contributed by atoms with E-state index in [1.807, 2.05) is 61.5 Å². The Hall–Kier alpha value is -3.26. The van der Waals surface area contributed by atoms with Gasteiger partial charge >= 0.3 is 0 Å². The lowest BCUT2D eigenvalue weighted by molar-refractivity contribution is -0.112. The van der Waals surface area contributed by atoms with Gasteiger partial charge in [-0.3, -0.25) is 4.79 Å². The predicted octanol–water partition coefficient (Wildman–Crippen LogP) is 4.89. The van der Waals surface area contributed by atoms with Crippen molar-refractivity contribution < 1.29 is 9.53 Å². The fraction of sp³-hybridized carbons (Fsp3) is 0.273. The van der Waals surface area contributed by atoms with Crippen LogP contribution in [0.3, 0.4) is 0 Å². The van der Waals surface area contributed by atoms with Crippen LogP contribution in [0.5, 0.6) is 5.75 Å². The van der Waals surface area contributed by atoms with Crippen LogP contribution in [-0.4, -0.2) is 12.5 Å². The van der Waals surface area contributed by atoms with E-state index in [1.165, 1.54) is 11.8 Å². The van der Waals surface area contributed by atoms with Crippen molar-refractivity contribution in [2.45, 2.75) is 33.1 Å². The van der Waals surface area contributed by atoms with E-state index in [-0.39, 0.29) is 5.57 Å². The number of para-hydroxylation sites is 2. The highest BCUT2D eigenvalue weighted by molar-refractivity contribution is 6.06. The summed E-state index contributed by atoms with van der Waals surface area (Å²) >= 11 is 0. The average molecular weight is 363 g/mol. The van der Waals surface area contributed by atoms with Gasteiger partial charge in [-0.15, -0.1) is 0 Å². The molecule has 2 N–H and O–H groups in total. The van der Waals surface area contributed by atoms with Crippen LogP contribution >= 0.6 is 0 Å². The predicted molar refractivity (Wildman–Crippen MR) is 109 cm³/mol. The molecule has 0 heterocycles. The Morgan fingerprint density at radius 3 is 2.56 bits per heavy atom. The molecule has 0 bridgehead atoms. The Morgan fingerprint density at radius 1 is 1.15 bits per heavy atom. The van der Waals surface area contributed by atoms with Gasteiger partial charge in [-0.2, -0.15) is 5.26 Å². The summed E-state index contributed by atoms with van der Waals surface area (Å²) in [5, 5.41) is 15.0. The highest BCUT2D eigenvalue weighted by Gasteiger charge is 2.10. The molecule has 0 fully saturated rings. The molecule has 0 aromatic heterocycles. The largest absolute Gasteiger partial charge is 0.492 e. The van der Waals surface area contributed by atoms with E-state index >= 15 is 0 Å². The second-order valence-corrected chi connectivity index (χ2v) is 6.00. The lowest BCUT2D eigenvalue weighted by atomic mass is 10.1. The standard InChI is InChI=1S/C22H25N3O2/c1-3-5-8-17-11-13-19(14-12-17)25-22(26)18(15-23)16-24-20-9-6-7-10-21(20)27-4-2/h6-7,9-14,16,24H,3-5,8H2,1-2H3,(H,25,26)/b18-16-. The topological polar surface area (TPSA) is 74.2 Å². The summed E-state index contributed by atoms with van der Waals surface area (Å²) in [5.74, 6) is 0.205. The van der Waals surface area contributed by atoms with Crippen LogP contribution in [0.2, 0.25) is 0 Å². The summed E-state index contributed by atoms with van der Waals surface area (Å²) in [5.41, 5.74) is 2.58. The number of aryl methyl sites for hydroxylation is 1. The normalized spacial score (nSPS) is 10.8. The molecule has 2 rings (SSSR count). The lowest BCUT2D eigenvalue weighted by Gasteiger charge is -2.10. The number of rotatable bonds is 9. The second kappa shape index (κ2) is 10.7. The third-order valence-electron chi connectivity index (χ3n) is 3.95. The molecule has 0 saturated heterocycles. The van der Waals surface area contributed by atoms with Gasteiger partial charge in [0.15, 0.2) is 0 Å². The number of carbonyl (C=O) groups excluding carboxylic acids is 1. The third-order valence-corrected chi connectivity index (χ3v) is 3.95. The van der Waals surface area contributed by atoms with E-state index < -0.39 is 5.91 Å². The molecule has 140 valence electrons. The summed E-state index contributed by atoms with van der Waals surface area (Å²) in [4.78, 5) is 12.4. The minimum Gasteiger partial charge on any atom is -0.492 e. The van der Waals surface area contributed by atoms with Gasteiger partial charge in [0.1, 0.15) is 17.4 Å². The van der Waals surface area contributed by atoms with Gasteiger partial charge < -0.3 is 15.4 Å². The number of benzene rings is 2. The number of hydrogen-bond donors (Lipinski definition) is 2. The Labute approximate surface area is 160 Å². The Kier molecular flexibility index (Phi) is 7.92. The molecule has 0 atom stereocenters. The van der Waals surface area contributed by atoms with Gasteiger partial charge in [0.05, 0.1) is 12.3 Å². The maximum atomic E-state index is 12.4. The molecule has 1 amide bonds. The molecule has 0 aliphatic heterocycles. The van der Waals surface area contributed by atoms with Crippen molar-refractivity contribution >= 4 is 17.3 Å². The van der Waals surface area contributed by atoms with Crippen molar-refractivity contribution in [3.63, 3.8) is 0 Å². The van der Waals surface area contributed by atoms with E-state index in [2.05, 4.69) is 17.6 Å². The molecule has 2 aromatic rings. The van der Waals surface area contributed by atoms with Crippen LogP contribution in [0.1, 0.15) is 32.3 Å². The van der Waals surface area contributed by atoms with Crippen LogP contribution in [0.4, 0.5) is 11.4 Å². The fourth-order valence-corrected chi connectivity index (χ4v) is 2.50. The molecule has 0 aliphatic carbocycles. The van der Waals surface area contributed by atoms with Crippen LogP contribution in [0.15, 0.2) is 60.3 Å². The number of amides is 1. The van der Waals surface area contributed by atoms with Gasteiger partial charge in [-0.05, 0) is 49.6 Å². The van der Waals surface area contributed by atoms with Crippen molar-refractivity contribution in [1.82, 2.24) is 0 Å². The van der Waals surface area contributed by atoms with Gasteiger partial charge in [-0.25, -0.2) is 0 Å². The molecule has 5 nitrogen and oxygen atoms in total. The summed E-state index contributed by atoms with van der Waals surface area (Å²) in [6.07, 6.45) is 4.70. The van der Waals surface area contributed by atoms with Crippen LogP contribution < -0.4 is 15.4 Å². The Balaban J connectivity index is 2.03. The van der Waals surface area contributed by atoms with Crippen LogP contribution in [-0.2, 0) is 11.2 Å². The van der Waals surface area contributed by atoms with E-state index in [1.54, 1.807) is 0 Å². The van der Waals surface area contributed by atoms with E-state index in [0.29, 0.717) is 23.7 Å². The molecular weight excluding hydrogens is 338 g/mol. The van der Waals surface area contributed by atoms with Crippen molar-refractivity contribution in [3.8, 4) is 11.8 Å². The molecule has 0 aliphatic rings. The summed E-state index contributed by atoms with van der Waals surface area (Å²) in [7, 11) is 0. The molecule has 0 radical (unpaired) electrons. The highest BCUT2D eigenvalue weighted by atomic mass is 16.5. The summed E-state index contributed by atoms with van der Waals surface area (Å²) in [6.45, 7) is 4.59. The number of carbonyl (C=O) groups is 1. The zero-order valence-electron chi connectivity index (χ0n) is 15.8. The number of anilines is 2. The van der Waals surface area contributed by atoms with Crippen molar-refractivity contribution in [3.05, 3.63) is 65.9 Å². The molecule has 5 heteroatoms. The lowest BCUT2D eigenvalue weighted by Crippen LogP contribution is -2.14. The molecule has 0 unspecified atom stereocenters. The number of nitrogens with one attached hydrogen (secondary N) is 2. The number of nitrogens with zero attached hydrogens (tertiary/aromatic N) is 1. The third kappa shape index (κ3) is 6.19. The number of hydrogen-bond acceptors (Lipinski definition) is 4. The Morgan fingerprint density at radius 2 is 1.89 bits per heavy atom. The molecule has 0 saturated carbocycles. The second-order valence-electron chi connectivity index (χ2n) is 6.00. The van der Waals surface area contributed by atoms with Crippen LogP contribution in [0.25, 0.3) is 0 Å². The smallest absolute Gasteiger partial charge is 0.267 e. The number of ether oxygens (including phenoxy) is 1. The summed E-state index contributed by atoms with van der Waals surface area (Å²) in [6, 6.07) is 17.0. The number of unbranched alkanes of at least 4 members (excludes halogenated alkanes) is 1. The van der Waals surface area contributed by atoms with Crippen molar-refractivity contribution in [2.24, 2.45) is 0 Å². The number of nitriles is 1. The monoisotopic (exact) mass is 363 g/mol. The summed E-state index contributed by atoms with van der Waals surface area (Å²) < 4.78 is 5.52. The zero-order valence-corrected chi connectivity index (χ0v) is 15.8. The minimum atomic E-state index is -0.458. The Bertz CT molecular complexity index is 820. The van der Waals surface area contributed by atoms with Gasteiger partial charge in [-0.1, -0.05) is 37.6 Å². The minimum absolute atomic E-state index is 0.0173. The first-order chi connectivity index (χ1) is 13.2. The van der Waals surface area contributed by atoms with E-state index in [9.17, 15) is 10.1 Å². The first-order valence-electron chi connectivity index (χ1n) is 9.16. The van der Waals surface area contributed by atoms with Gasteiger partial charge in [0.25, 0.3) is 5.91 Å². The van der Waals surface area contributed by atoms with Gasteiger partial charge in [0, 0.05) is 11.9 Å². The van der Waals surface area contributed by atoms with Gasteiger partial charge in [0.2, 0.25) is 0 Å². The quantitative estimate of drug-likeness (QED) is 0.491. The highest BCUT2D eigenvalue weighted by Crippen LogP contribution is 2.24. The van der Waals surface area contributed by atoms with Crippen molar-refractivity contribution in [1.29, 1.82) is 5.26 Å². The molecule has 27 heavy (non-hydrogen) atoms. The maximum Gasteiger partial charge on any atom is 0.267 e. The average Bonchev–Trinajstić information content (AvgIpc) is 2.69. The SMILES string of the molecule is CCCCc1ccc(NC(=O)/C(C#N)=C\Nc2ccccc2OCC)cc1. The van der Waals surface area contributed by atoms with Crippen molar-refractivity contribution in [2.75, 3.05) is 17.2 Å². The fourth-order valence-electron chi connectivity index (χ4n) is 2.50. The molecule has 2 aromatic carbocycles. The van der Waals surface area contributed by atoms with E-state index in [4.69, 9.17) is 4.74 Å².